The van der Waals surface area contributed by atoms with Crippen LogP contribution >= 0.6 is 0 Å². The van der Waals surface area contributed by atoms with Gasteiger partial charge >= 0.3 is 0 Å². The summed E-state index contributed by atoms with van der Waals surface area (Å²) in [6.45, 7) is 3.26. The Morgan fingerprint density at radius 1 is 1.05 bits per heavy atom. The highest BCUT2D eigenvalue weighted by Gasteiger charge is 2.22. The van der Waals surface area contributed by atoms with Crippen LogP contribution in [0.5, 0.6) is 11.5 Å². The topological polar surface area (TPSA) is 30.5 Å². The zero-order valence-corrected chi connectivity index (χ0v) is 13.2. The molecule has 0 atom stereocenters. The smallest absolute Gasteiger partial charge is 0.161 e. The second kappa shape index (κ2) is 6.69. The largest absolute Gasteiger partial charge is 0.493 e. The summed E-state index contributed by atoms with van der Waals surface area (Å²) >= 11 is 0. The third-order valence-electron chi connectivity index (χ3n) is 4.66. The van der Waals surface area contributed by atoms with Crippen LogP contribution in [0.1, 0.15) is 51.0 Å². The van der Waals surface area contributed by atoms with E-state index in [0.29, 0.717) is 6.10 Å². The third-order valence-corrected chi connectivity index (χ3v) is 4.66. The molecule has 2 aliphatic rings. The normalized spacial score (nSPS) is 25.6. The first kappa shape index (κ1) is 14.7. The molecule has 0 heterocycles. The Balaban J connectivity index is 1.64. The fraction of sp³-hybridized carbons (Fsp3) is 0.667. The number of rotatable bonds is 6. The van der Waals surface area contributed by atoms with Gasteiger partial charge in [0.25, 0.3) is 0 Å². The van der Waals surface area contributed by atoms with Gasteiger partial charge in [-0.2, -0.15) is 0 Å². The van der Waals surface area contributed by atoms with E-state index in [9.17, 15) is 0 Å². The lowest BCUT2D eigenvalue weighted by Gasteiger charge is -2.27. The van der Waals surface area contributed by atoms with Gasteiger partial charge in [-0.1, -0.05) is 13.0 Å². The third kappa shape index (κ3) is 4.13. The van der Waals surface area contributed by atoms with E-state index in [-0.39, 0.29) is 0 Å². The lowest BCUT2D eigenvalue weighted by atomic mass is 9.89. The fourth-order valence-electron chi connectivity index (χ4n) is 3.00. The molecule has 2 aliphatic carbocycles. The minimum Gasteiger partial charge on any atom is -0.493 e. The Bertz CT molecular complexity index is 462. The number of methoxy groups -OCH3 is 1. The molecule has 1 aromatic carbocycles. The van der Waals surface area contributed by atoms with Gasteiger partial charge in [0, 0.05) is 12.6 Å². The first-order chi connectivity index (χ1) is 10.2. The molecule has 0 radical (unpaired) electrons. The van der Waals surface area contributed by atoms with Crippen LogP contribution in [0, 0.1) is 5.92 Å². The summed E-state index contributed by atoms with van der Waals surface area (Å²) in [7, 11) is 1.72. The number of ether oxygens (including phenoxy) is 2. The van der Waals surface area contributed by atoms with Gasteiger partial charge < -0.3 is 14.8 Å². The van der Waals surface area contributed by atoms with E-state index in [2.05, 4.69) is 24.4 Å². The maximum Gasteiger partial charge on any atom is 0.161 e. The van der Waals surface area contributed by atoms with Crippen molar-refractivity contribution >= 4 is 0 Å². The van der Waals surface area contributed by atoms with E-state index in [1.807, 2.05) is 6.07 Å². The van der Waals surface area contributed by atoms with E-state index in [1.165, 1.54) is 31.2 Å². The van der Waals surface area contributed by atoms with Crippen LogP contribution in [0.2, 0.25) is 0 Å². The molecular weight excluding hydrogens is 262 g/mol. The van der Waals surface area contributed by atoms with Gasteiger partial charge in [-0.05, 0) is 62.1 Å². The van der Waals surface area contributed by atoms with E-state index in [0.717, 1.165) is 42.8 Å². The lowest BCUT2D eigenvalue weighted by Crippen LogP contribution is -2.23. The van der Waals surface area contributed by atoms with Crippen molar-refractivity contribution in [2.75, 3.05) is 7.11 Å². The first-order valence-electron chi connectivity index (χ1n) is 8.31. The van der Waals surface area contributed by atoms with E-state index < -0.39 is 0 Å². The molecule has 116 valence electrons. The van der Waals surface area contributed by atoms with Gasteiger partial charge in [0.1, 0.15) is 0 Å². The van der Waals surface area contributed by atoms with Crippen LogP contribution in [-0.2, 0) is 6.54 Å². The van der Waals surface area contributed by atoms with Gasteiger partial charge in [-0.3, -0.25) is 0 Å². The van der Waals surface area contributed by atoms with Crippen LogP contribution in [0.25, 0.3) is 0 Å². The van der Waals surface area contributed by atoms with Crippen molar-refractivity contribution in [2.24, 2.45) is 5.92 Å². The predicted molar refractivity (Wildman–Crippen MR) is 84.9 cm³/mol. The molecule has 0 amide bonds. The van der Waals surface area contributed by atoms with Crippen molar-refractivity contribution in [3.05, 3.63) is 23.8 Å². The molecule has 3 nitrogen and oxygen atoms in total. The van der Waals surface area contributed by atoms with E-state index in [1.54, 1.807) is 7.11 Å². The SMILES string of the molecule is COc1ccc(CNC2CC2)cc1OC1CCC(C)CC1. The zero-order valence-electron chi connectivity index (χ0n) is 13.2. The van der Waals surface area contributed by atoms with Crippen molar-refractivity contribution in [1.82, 2.24) is 5.32 Å². The summed E-state index contributed by atoms with van der Waals surface area (Å²) < 4.78 is 11.7. The van der Waals surface area contributed by atoms with Crippen LogP contribution in [0.4, 0.5) is 0 Å². The molecular formula is C18H27NO2. The predicted octanol–water partition coefficient (Wildman–Crippen LogP) is 3.90. The second-order valence-electron chi connectivity index (χ2n) is 6.64. The number of hydrogen-bond acceptors (Lipinski definition) is 3. The molecule has 1 N–H and O–H groups in total. The molecule has 3 rings (SSSR count). The zero-order chi connectivity index (χ0) is 14.7. The van der Waals surface area contributed by atoms with Crippen LogP contribution < -0.4 is 14.8 Å². The lowest BCUT2D eigenvalue weighted by molar-refractivity contribution is 0.131. The molecule has 0 bridgehead atoms. The molecule has 0 unspecified atom stereocenters. The average molecular weight is 289 g/mol. The fourth-order valence-corrected chi connectivity index (χ4v) is 3.00. The molecule has 1 aromatic rings. The van der Waals surface area contributed by atoms with Crippen LogP contribution in [0.3, 0.4) is 0 Å². The number of nitrogens with one attached hydrogen (secondary N) is 1. The van der Waals surface area contributed by atoms with Gasteiger partial charge in [0.05, 0.1) is 13.2 Å². The van der Waals surface area contributed by atoms with Gasteiger partial charge in [-0.15, -0.1) is 0 Å². The number of hydrogen-bond donors (Lipinski definition) is 1. The molecule has 0 saturated heterocycles. The second-order valence-corrected chi connectivity index (χ2v) is 6.64. The molecule has 3 heteroatoms. The molecule has 2 saturated carbocycles. The van der Waals surface area contributed by atoms with Crippen molar-refractivity contribution in [1.29, 1.82) is 0 Å². The van der Waals surface area contributed by atoms with Crippen molar-refractivity contribution < 1.29 is 9.47 Å². The summed E-state index contributed by atoms with van der Waals surface area (Å²) in [6, 6.07) is 7.04. The van der Waals surface area contributed by atoms with Crippen molar-refractivity contribution in [3.8, 4) is 11.5 Å². The van der Waals surface area contributed by atoms with Crippen LogP contribution in [0.15, 0.2) is 18.2 Å². The van der Waals surface area contributed by atoms with E-state index in [4.69, 9.17) is 9.47 Å². The summed E-state index contributed by atoms with van der Waals surface area (Å²) in [5, 5.41) is 3.55. The summed E-state index contributed by atoms with van der Waals surface area (Å²) in [6.07, 6.45) is 7.86. The Morgan fingerprint density at radius 3 is 2.48 bits per heavy atom. The standard InChI is InChI=1S/C18H27NO2/c1-13-3-8-16(9-4-13)21-18-11-14(5-10-17(18)20-2)12-19-15-6-7-15/h5,10-11,13,15-16,19H,3-4,6-9,12H2,1-2H3. The van der Waals surface area contributed by atoms with Crippen molar-refractivity contribution in [2.45, 2.75) is 64.1 Å². The quantitative estimate of drug-likeness (QED) is 0.861. The molecule has 0 spiro atoms. The highest BCUT2D eigenvalue weighted by atomic mass is 16.5. The van der Waals surface area contributed by atoms with E-state index >= 15 is 0 Å². The first-order valence-corrected chi connectivity index (χ1v) is 8.31. The Kier molecular flexibility index (Phi) is 4.69. The van der Waals surface area contributed by atoms with Crippen LogP contribution in [-0.4, -0.2) is 19.3 Å². The summed E-state index contributed by atoms with van der Waals surface area (Å²) in [5.41, 5.74) is 1.28. The summed E-state index contributed by atoms with van der Waals surface area (Å²) in [5.74, 6) is 2.61. The highest BCUT2D eigenvalue weighted by Crippen LogP contribution is 2.33. The average Bonchev–Trinajstić information content (AvgIpc) is 3.32. The minimum atomic E-state index is 0.349. The monoisotopic (exact) mass is 289 g/mol. The maximum absolute atomic E-state index is 6.24. The molecule has 0 aromatic heterocycles. The highest BCUT2D eigenvalue weighted by molar-refractivity contribution is 5.43. The molecule has 21 heavy (non-hydrogen) atoms. The molecule has 0 aliphatic heterocycles. The Labute approximate surface area is 128 Å². The number of benzene rings is 1. The maximum atomic E-state index is 6.24. The van der Waals surface area contributed by atoms with Gasteiger partial charge in [0.15, 0.2) is 11.5 Å². The Morgan fingerprint density at radius 2 is 1.81 bits per heavy atom. The molecule has 2 fully saturated rings. The van der Waals surface area contributed by atoms with Gasteiger partial charge in [-0.25, -0.2) is 0 Å². The Hall–Kier alpha value is -1.22. The van der Waals surface area contributed by atoms with Gasteiger partial charge in [0.2, 0.25) is 0 Å². The summed E-state index contributed by atoms with van der Waals surface area (Å²) in [4.78, 5) is 0. The minimum absolute atomic E-state index is 0.349. The van der Waals surface area contributed by atoms with Crippen molar-refractivity contribution in [3.63, 3.8) is 0 Å².